The highest BCUT2D eigenvalue weighted by molar-refractivity contribution is 7.99. The summed E-state index contributed by atoms with van der Waals surface area (Å²) in [4.78, 5) is 12.3. The average Bonchev–Trinajstić information content (AvgIpc) is 3.47. The standard InChI is InChI=1S/C22H18ClN5O2S/c1-15(19-8-5-13-30-19)24-25-20(29)14-31-22-27-26-21(16-9-11-17(23)12-10-16)28(22)18-6-3-2-4-7-18/h2-13,24H,1,14H2,(H,25,29). The van der Waals surface area contributed by atoms with Crippen molar-refractivity contribution in [3.63, 3.8) is 0 Å². The fourth-order valence-corrected chi connectivity index (χ4v) is 3.66. The fourth-order valence-electron chi connectivity index (χ4n) is 2.78. The number of furan rings is 1. The Morgan fingerprint density at radius 1 is 1.03 bits per heavy atom. The van der Waals surface area contributed by atoms with Crippen LogP contribution in [0.4, 0.5) is 0 Å². The second-order valence-electron chi connectivity index (χ2n) is 6.40. The van der Waals surface area contributed by atoms with Gasteiger partial charge in [0.05, 0.1) is 17.7 Å². The largest absolute Gasteiger partial charge is 0.463 e. The van der Waals surface area contributed by atoms with E-state index in [-0.39, 0.29) is 11.7 Å². The Balaban J connectivity index is 1.49. The van der Waals surface area contributed by atoms with E-state index in [4.69, 9.17) is 16.0 Å². The maximum absolute atomic E-state index is 12.3. The van der Waals surface area contributed by atoms with E-state index < -0.39 is 0 Å². The Labute approximate surface area is 188 Å². The molecule has 7 nitrogen and oxygen atoms in total. The number of thioether (sulfide) groups is 1. The molecule has 0 aliphatic rings. The molecule has 2 N–H and O–H groups in total. The highest BCUT2D eigenvalue weighted by atomic mass is 35.5. The van der Waals surface area contributed by atoms with Gasteiger partial charge in [-0.1, -0.05) is 48.1 Å². The zero-order valence-corrected chi connectivity index (χ0v) is 17.9. The van der Waals surface area contributed by atoms with Crippen molar-refractivity contribution in [1.29, 1.82) is 0 Å². The molecule has 156 valence electrons. The number of hydrogen-bond acceptors (Lipinski definition) is 6. The smallest absolute Gasteiger partial charge is 0.248 e. The van der Waals surface area contributed by atoms with Crippen molar-refractivity contribution in [2.24, 2.45) is 0 Å². The van der Waals surface area contributed by atoms with Crippen molar-refractivity contribution in [1.82, 2.24) is 25.6 Å². The molecule has 2 aromatic heterocycles. The highest BCUT2D eigenvalue weighted by Crippen LogP contribution is 2.28. The lowest BCUT2D eigenvalue weighted by Gasteiger charge is -2.11. The molecule has 2 aromatic carbocycles. The summed E-state index contributed by atoms with van der Waals surface area (Å²) < 4.78 is 7.14. The molecule has 0 atom stereocenters. The summed E-state index contributed by atoms with van der Waals surface area (Å²) in [7, 11) is 0. The van der Waals surface area contributed by atoms with E-state index in [0.29, 0.717) is 27.5 Å². The molecule has 0 aliphatic heterocycles. The minimum Gasteiger partial charge on any atom is -0.463 e. The monoisotopic (exact) mass is 451 g/mol. The van der Waals surface area contributed by atoms with Gasteiger partial charge in [-0.2, -0.15) is 0 Å². The van der Waals surface area contributed by atoms with Crippen molar-refractivity contribution in [2.45, 2.75) is 5.16 Å². The van der Waals surface area contributed by atoms with Crippen molar-refractivity contribution in [2.75, 3.05) is 5.75 Å². The zero-order valence-electron chi connectivity index (χ0n) is 16.3. The van der Waals surface area contributed by atoms with Crippen LogP contribution in [0.25, 0.3) is 22.8 Å². The van der Waals surface area contributed by atoms with Crippen LogP contribution in [0.15, 0.2) is 89.1 Å². The maximum Gasteiger partial charge on any atom is 0.248 e. The molecule has 0 saturated carbocycles. The van der Waals surface area contributed by atoms with Gasteiger partial charge in [0.25, 0.3) is 0 Å². The Morgan fingerprint density at radius 3 is 2.52 bits per heavy atom. The number of hydrogen-bond donors (Lipinski definition) is 2. The Morgan fingerprint density at radius 2 is 1.81 bits per heavy atom. The van der Waals surface area contributed by atoms with E-state index >= 15 is 0 Å². The number of halogens is 1. The van der Waals surface area contributed by atoms with E-state index in [9.17, 15) is 4.79 Å². The van der Waals surface area contributed by atoms with E-state index in [1.165, 1.54) is 18.0 Å². The Hall–Kier alpha value is -3.49. The maximum atomic E-state index is 12.3. The number of benzene rings is 2. The van der Waals surface area contributed by atoms with Gasteiger partial charge >= 0.3 is 0 Å². The number of nitrogens with zero attached hydrogens (tertiary/aromatic N) is 3. The molecule has 0 unspecified atom stereocenters. The summed E-state index contributed by atoms with van der Waals surface area (Å²) in [5.41, 5.74) is 7.57. The number of amides is 1. The molecule has 0 bridgehead atoms. The molecule has 4 rings (SSSR count). The predicted octanol–water partition coefficient (Wildman–Crippen LogP) is 4.56. The molecule has 0 spiro atoms. The third-order valence-corrected chi connectivity index (χ3v) is 5.43. The zero-order chi connectivity index (χ0) is 21.6. The van der Waals surface area contributed by atoms with Crippen LogP contribution in [0, 0.1) is 0 Å². The summed E-state index contributed by atoms with van der Waals surface area (Å²) in [6.07, 6.45) is 1.54. The fraction of sp³-hybridized carbons (Fsp3) is 0.0455. The van der Waals surface area contributed by atoms with Crippen molar-refractivity contribution < 1.29 is 9.21 Å². The van der Waals surface area contributed by atoms with E-state index in [0.717, 1.165) is 11.3 Å². The number of rotatable bonds is 8. The third-order valence-electron chi connectivity index (χ3n) is 4.25. The molecule has 9 heteroatoms. The lowest BCUT2D eigenvalue weighted by atomic mass is 10.2. The SMILES string of the molecule is C=C(NNC(=O)CSc1nnc(-c2ccc(Cl)cc2)n1-c1ccccc1)c1ccco1. The number of nitrogens with one attached hydrogen (secondary N) is 2. The molecule has 0 fully saturated rings. The quantitative estimate of drug-likeness (QED) is 0.301. The molecule has 0 aliphatic carbocycles. The first kappa shape index (κ1) is 20.8. The first-order valence-corrected chi connectivity index (χ1v) is 10.7. The number of carbonyl (C=O) groups is 1. The first-order chi connectivity index (χ1) is 15.1. The summed E-state index contributed by atoms with van der Waals surface area (Å²) in [5.74, 6) is 1.09. The lowest BCUT2D eigenvalue weighted by molar-refractivity contribution is -0.119. The van der Waals surface area contributed by atoms with Gasteiger partial charge in [0.1, 0.15) is 0 Å². The van der Waals surface area contributed by atoms with E-state index in [2.05, 4.69) is 27.6 Å². The predicted molar refractivity (Wildman–Crippen MR) is 122 cm³/mol. The van der Waals surface area contributed by atoms with Gasteiger partial charge in [0, 0.05) is 16.3 Å². The van der Waals surface area contributed by atoms with Gasteiger partial charge in [-0.15, -0.1) is 10.2 Å². The van der Waals surface area contributed by atoms with Crippen molar-refractivity contribution >= 4 is 35.0 Å². The molecular formula is C22H18ClN5O2S. The van der Waals surface area contributed by atoms with Gasteiger partial charge < -0.3 is 4.42 Å². The molecule has 2 heterocycles. The lowest BCUT2D eigenvalue weighted by Crippen LogP contribution is -2.37. The number of hydrazine groups is 1. The second kappa shape index (κ2) is 9.55. The van der Waals surface area contributed by atoms with Crippen molar-refractivity contribution in [3.8, 4) is 17.1 Å². The molecule has 0 saturated heterocycles. The second-order valence-corrected chi connectivity index (χ2v) is 7.78. The number of para-hydroxylation sites is 1. The first-order valence-electron chi connectivity index (χ1n) is 9.29. The van der Waals surface area contributed by atoms with Gasteiger partial charge in [-0.3, -0.25) is 20.2 Å². The number of aromatic nitrogens is 3. The minimum atomic E-state index is -0.242. The van der Waals surface area contributed by atoms with Crippen LogP contribution in [0.1, 0.15) is 5.76 Å². The Kier molecular flexibility index (Phi) is 6.40. The Bertz CT molecular complexity index is 1170. The number of carbonyl (C=O) groups excluding carboxylic acids is 1. The molecule has 31 heavy (non-hydrogen) atoms. The summed E-state index contributed by atoms with van der Waals surface area (Å²) in [6, 6.07) is 20.6. The molecule has 4 aromatic rings. The van der Waals surface area contributed by atoms with E-state index in [1.54, 1.807) is 24.3 Å². The van der Waals surface area contributed by atoms with Gasteiger partial charge in [-0.05, 0) is 48.5 Å². The topological polar surface area (TPSA) is 85.0 Å². The summed E-state index contributed by atoms with van der Waals surface area (Å²) >= 11 is 7.30. The van der Waals surface area contributed by atoms with Crippen LogP contribution in [-0.2, 0) is 4.79 Å². The van der Waals surface area contributed by atoms with Crippen LogP contribution in [0.2, 0.25) is 5.02 Å². The van der Waals surface area contributed by atoms with Gasteiger partial charge in [0.2, 0.25) is 5.91 Å². The summed E-state index contributed by atoms with van der Waals surface area (Å²) in [5, 5.41) is 9.90. The van der Waals surface area contributed by atoms with Crippen LogP contribution in [0.3, 0.4) is 0 Å². The van der Waals surface area contributed by atoms with Crippen LogP contribution in [-0.4, -0.2) is 26.4 Å². The average molecular weight is 452 g/mol. The highest BCUT2D eigenvalue weighted by Gasteiger charge is 2.17. The van der Waals surface area contributed by atoms with Gasteiger partial charge in [-0.25, -0.2) is 0 Å². The van der Waals surface area contributed by atoms with Crippen LogP contribution >= 0.6 is 23.4 Å². The normalized spacial score (nSPS) is 10.6. The third kappa shape index (κ3) is 4.99. The van der Waals surface area contributed by atoms with Crippen LogP contribution in [0.5, 0.6) is 0 Å². The minimum absolute atomic E-state index is 0.129. The molecule has 1 amide bonds. The van der Waals surface area contributed by atoms with Gasteiger partial charge in [0.15, 0.2) is 16.7 Å². The van der Waals surface area contributed by atoms with Crippen molar-refractivity contribution in [3.05, 3.63) is 90.4 Å². The van der Waals surface area contributed by atoms with Crippen LogP contribution < -0.4 is 10.9 Å². The van der Waals surface area contributed by atoms with E-state index in [1.807, 2.05) is 47.0 Å². The molecular weight excluding hydrogens is 434 g/mol. The molecule has 0 radical (unpaired) electrons. The summed E-state index contributed by atoms with van der Waals surface area (Å²) in [6.45, 7) is 3.82.